The number of nitro groups is 1. The highest BCUT2D eigenvalue weighted by Crippen LogP contribution is 2.36. The Bertz CT molecular complexity index is 995. The van der Waals surface area contributed by atoms with Crippen LogP contribution in [0.2, 0.25) is 0 Å². The number of fused-ring (bicyclic) bond motifs is 1. The molecule has 0 unspecified atom stereocenters. The number of esters is 1. The molecule has 0 aromatic carbocycles. The van der Waals surface area contributed by atoms with Gasteiger partial charge in [-0.25, -0.2) is 4.98 Å². The third-order valence-corrected chi connectivity index (χ3v) is 4.44. The Morgan fingerprint density at radius 2 is 2.19 bits per heavy atom. The molecule has 3 aromatic rings. The van der Waals surface area contributed by atoms with Gasteiger partial charge in [0.15, 0.2) is 16.4 Å². The van der Waals surface area contributed by atoms with Gasteiger partial charge >= 0.3 is 11.9 Å². The fourth-order valence-electron chi connectivity index (χ4n) is 2.59. The number of thiazole rings is 1. The number of anilines is 1. The maximum Gasteiger partial charge on any atom is 0.433 e. The summed E-state index contributed by atoms with van der Waals surface area (Å²) in [5.74, 6) is 0.214. The van der Waals surface area contributed by atoms with Gasteiger partial charge in [0.1, 0.15) is 10.7 Å². The highest BCUT2D eigenvalue weighted by molar-refractivity contribution is 7.15. The summed E-state index contributed by atoms with van der Waals surface area (Å²) >= 11 is 1.37. The molecule has 0 saturated carbocycles. The summed E-state index contributed by atoms with van der Waals surface area (Å²) in [4.78, 5) is 27.5. The molecule has 0 aliphatic carbocycles. The van der Waals surface area contributed by atoms with Gasteiger partial charge in [0.25, 0.3) is 0 Å². The first-order chi connectivity index (χ1) is 12.7. The molecular weight excluding hydrogens is 372 g/mol. The minimum absolute atomic E-state index is 0.0980. The van der Waals surface area contributed by atoms with Crippen molar-refractivity contribution in [1.29, 1.82) is 0 Å². The van der Waals surface area contributed by atoms with Gasteiger partial charge in [-0.05, 0) is 33.8 Å². The van der Waals surface area contributed by atoms with Crippen LogP contribution < -0.4 is 5.32 Å². The number of carbonyl (C=O) groups is 1. The number of imidazole rings is 1. The lowest BCUT2D eigenvalue weighted by molar-refractivity contribution is -0.401. The second-order valence-corrected chi connectivity index (χ2v) is 7.74. The van der Waals surface area contributed by atoms with E-state index in [0.717, 1.165) is 5.69 Å². The number of hydrogen-bond donors (Lipinski definition) is 1. The molecule has 0 aliphatic rings. The Morgan fingerprint density at radius 1 is 1.44 bits per heavy atom. The molecule has 10 heteroatoms. The van der Waals surface area contributed by atoms with Crippen molar-refractivity contribution in [3.8, 4) is 11.5 Å². The molecule has 0 saturated heterocycles. The Hall–Kier alpha value is -2.88. The number of nitrogens with one attached hydrogen (secondary N) is 1. The average molecular weight is 392 g/mol. The highest BCUT2D eigenvalue weighted by atomic mass is 32.1. The van der Waals surface area contributed by atoms with Gasteiger partial charge in [0.2, 0.25) is 0 Å². The summed E-state index contributed by atoms with van der Waals surface area (Å²) in [5.41, 5.74) is 0.863. The van der Waals surface area contributed by atoms with E-state index in [4.69, 9.17) is 9.15 Å². The summed E-state index contributed by atoms with van der Waals surface area (Å²) < 4.78 is 12.2. The van der Waals surface area contributed by atoms with Crippen LogP contribution in [0.25, 0.3) is 16.4 Å². The van der Waals surface area contributed by atoms with E-state index in [1.54, 1.807) is 6.92 Å². The van der Waals surface area contributed by atoms with E-state index in [-0.39, 0.29) is 29.6 Å². The average Bonchev–Trinajstić information content (AvgIpc) is 3.23. The van der Waals surface area contributed by atoms with Crippen LogP contribution in [0, 0.1) is 10.1 Å². The molecule has 0 spiro atoms. The first-order valence-corrected chi connectivity index (χ1v) is 9.25. The molecule has 3 rings (SSSR count). The zero-order chi connectivity index (χ0) is 19.8. The summed E-state index contributed by atoms with van der Waals surface area (Å²) in [6.07, 6.45) is 0.0980. The van der Waals surface area contributed by atoms with Crippen LogP contribution >= 0.6 is 11.3 Å². The molecule has 0 radical (unpaired) electrons. The zero-order valence-corrected chi connectivity index (χ0v) is 16.3. The molecule has 0 fully saturated rings. The monoisotopic (exact) mass is 392 g/mol. The quantitative estimate of drug-likeness (QED) is 0.385. The van der Waals surface area contributed by atoms with E-state index in [2.05, 4.69) is 10.3 Å². The SMILES string of the molecule is CCOC(=O)Cc1csc2nc(-c3ccc([N+](=O)[O-])o3)c(NC(C)(C)C)n12. The summed E-state index contributed by atoms with van der Waals surface area (Å²) in [5, 5.41) is 16.2. The molecule has 3 aromatic heterocycles. The molecule has 27 heavy (non-hydrogen) atoms. The van der Waals surface area contributed by atoms with Crippen LogP contribution in [0.1, 0.15) is 33.4 Å². The third kappa shape index (κ3) is 3.95. The minimum Gasteiger partial charge on any atom is -0.466 e. The first-order valence-electron chi connectivity index (χ1n) is 8.37. The molecule has 144 valence electrons. The van der Waals surface area contributed by atoms with Crippen molar-refractivity contribution in [2.75, 3.05) is 11.9 Å². The molecule has 0 aliphatic heterocycles. The van der Waals surface area contributed by atoms with Gasteiger partial charge in [-0.3, -0.25) is 19.3 Å². The second kappa shape index (κ2) is 7.03. The molecule has 0 bridgehead atoms. The van der Waals surface area contributed by atoms with Crippen molar-refractivity contribution >= 4 is 34.0 Å². The predicted octanol–water partition coefficient (Wildman–Crippen LogP) is 3.88. The van der Waals surface area contributed by atoms with Crippen LogP contribution in [0.5, 0.6) is 0 Å². The minimum atomic E-state index is -0.592. The van der Waals surface area contributed by atoms with Crippen molar-refractivity contribution < 1.29 is 18.9 Å². The van der Waals surface area contributed by atoms with Gasteiger partial charge in [-0.15, -0.1) is 11.3 Å². The smallest absolute Gasteiger partial charge is 0.433 e. The van der Waals surface area contributed by atoms with E-state index < -0.39 is 4.92 Å². The number of carbonyl (C=O) groups excluding carboxylic acids is 1. The van der Waals surface area contributed by atoms with E-state index >= 15 is 0 Å². The number of hydrogen-bond acceptors (Lipinski definition) is 8. The normalized spacial score (nSPS) is 11.7. The Labute approximate surface area is 159 Å². The van der Waals surface area contributed by atoms with Crippen molar-refractivity contribution in [1.82, 2.24) is 9.38 Å². The number of furan rings is 1. The fourth-order valence-corrected chi connectivity index (χ4v) is 3.48. The van der Waals surface area contributed by atoms with Crippen LogP contribution in [-0.2, 0) is 16.0 Å². The fraction of sp³-hybridized carbons (Fsp3) is 0.412. The van der Waals surface area contributed by atoms with E-state index in [9.17, 15) is 14.9 Å². The number of aromatic nitrogens is 2. The standard InChI is InChI=1S/C17H20N4O5S/c1-5-25-13(22)8-10-9-27-16-18-14(11-6-7-12(26-11)21(23)24)15(20(10)16)19-17(2,3)4/h6-7,9,19H,5,8H2,1-4H3. The zero-order valence-electron chi connectivity index (χ0n) is 15.4. The van der Waals surface area contributed by atoms with Crippen LogP contribution in [-0.4, -0.2) is 32.4 Å². The molecule has 1 N–H and O–H groups in total. The van der Waals surface area contributed by atoms with Crippen molar-refractivity contribution in [2.45, 2.75) is 39.7 Å². The first kappa shape index (κ1) is 18.9. The number of ether oxygens (including phenoxy) is 1. The van der Waals surface area contributed by atoms with Gasteiger partial charge in [-0.1, -0.05) is 0 Å². The highest BCUT2D eigenvalue weighted by Gasteiger charge is 2.26. The Balaban J connectivity index is 2.12. The molecular formula is C17H20N4O5S. The maximum atomic E-state index is 11.9. The molecule has 3 heterocycles. The van der Waals surface area contributed by atoms with E-state index in [1.807, 2.05) is 30.6 Å². The largest absolute Gasteiger partial charge is 0.466 e. The predicted molar refractivity (Wildman–Crippen MR) is 101 cm³/mol. The lowest BCUT2D eigenvalue weighted by atomic mass is 10.1. The van der Waals surface area contributed by atoms with Crippen molar-refractivity contribution in [2.24, 2.45) is 0 Å². The third-order valence-electron chi connectivity index (χ3n) is 3.56. The molecule has 9 nitrogen and oxygen atoms in total. The second-order valence-electron chi connectivity index (χ2n) is 6.91. The maximum absolute atomic E-state index is 11.9. The summed E-state index contributed by atoms with van der Waals surface area (Å²) in [6, 6.07) is 2.81. The van der Waals surface area contributed by atoms with Gasteiger partial charge in [0, 0.05) is 16.6 Å². The van der Waals surface area contributed by atoms with Crippen molar-refractivity contribution in [3.05, 3.63) is 33.3 Å². The molecule has 0 atom stereocenters. The van der Waals surface area contributed by atoms with Crippen LogP contribution in [0.15, 0.2) is 21.9 Å². The Kier molecular flexibility index (Phi) is 4.92. The van der Waals surface area contributed by atoms with E-state index in [1.165, 1.54) is 23.5 Å². The Morgan fingerprint density at radius 3 is 2.78 bits per heavy atom. The molecule has 0 amide bonds. The number of rotatable bonds is 6. The van der Waals surface area contributed by atoms with Gasteiger partial charge in [-0.2, -0.15) is 0 Å². The van der Waals surface area contributed by atoms with Gasteiger partial charge in [0.05, 0.1) is 19.1 Å². The van der Waals surface area contributed by atoms with Crippen molar-refractivity contribution in [3.63, 3.8) is 0 Å². The van der Waals surface area contributed by atoms with Crippen LogP contribution in [0.4, 0.5) is 11.7 Å². The summed E-state index contributed by atoms with van der Waals surface area (Å²) in [7, 11) is 0. The lowest BCUT2D eigenvalue weighted by Gasteiger charge is -2.22. The topological polar surface area (TPSA) is 112 Å². The van der Waals surface area contributed by atoms with Gasteiger partial charge < -0.3 is 14.5 Å². The summed E-state index contributed by atoms with van der Waals surface area (Å²) in [6.45, 7) is 8.02. The van der Waals surface area contributed by atoms with Crippen LogP contribution in [0.3, 0.4) is 0 Å². The van der Waals surface area contributed by atoms with E-state index in [0.29, 0.717) is 23.1 Å². The lowest BCUT2D eigenvalue weighted by Crippen LogP contribution is -2.27. The number of nitrogens with zero attached hydrogens (tertiary/aromatic N) is 3.